The number of methoxy groups -OCH3 is 1. The van der Waals surface area contributed by atoms with Gasteiger partial charge in [0, 0.05) is 0 Å². The average molecular weight is 189 g/mol. The monoisotopic (exact) mass is 189 g/mol. The van der Waals surface area contributed by atoms with E-state index < -0.39 is 0 Å². The Morgan fingerprint density at radius 2 is 2.14 bits per heavy atom. The molecule has 2 rings (SSSR count). The van der Waals surface area contributed by atoms with E-state index in [1.807, 2.05) is 24.3 Å². The second kappa shape index (κ2) is 3.37. The first-order valence-electron chi connectivity index (χ1n) is 4.05. The normalized spacial score (nSPS) is 10.1. The summed E-state index contributed by atoms with van der Waals surface area (Å²) in [6.45, 7) is 0. The van der Waals surface area contributed by atoms with Crippen molar-refractivity contribution in [2.45, 2.75) is 0 Å². The molecule has 14 heavy (non-hydrogen) atoms. The van der Waals surface area contributed by atoms with Gasteiger partial charge in [-0.05, 0) is 12.1 Å². The molecule has 5 heteroatoms. The van der Waals surface area contributed by atoms with Gasteiger partial charge >= 0.3 is 0 Å². The fraction of sp³-hybridized carbons (Fsp3) is 0.111. The molecule has 0 radical (unpaired) electrons. The summed E-state index contributed by atoms with van der Waals surface area (Å²) in [4.78, 5) is 1.17. The average Bonchev–Trinajstić information content (AvgIpc) is 2.65. The Morgan fingerprint density at radius 3 is 2.79 bits per heavy atom. The van der Waals surface area contributed by atoms with Gasteiger partial charge in [0.2, 0.25) is 5.82 Å². The molecule has 0 aliphatic heterocycles. The quantitative estimate of drug-likeness (QED) is 0.661. The summed E-state index contributed by atoms with van der Waals surface area (Å²) in [5.74, 6) is 1.23. The van der Waals surface area contributed by atoms with Crippen LogP contribution in [-0.2, 0) is 0 Å². The summed E-state index contributed by atoms with van der Waals surface area (Å²) in [6, 6.07) is 7.49. The lowest BCUT2D eigenvalue weighted by molar-refractivity contribution is 0.416. The van der Waals surface area contributed by atoms with Crippen LogP contribution in [0.4, 0.5) is 0 Å². The first kappa shape index (κ1) is 8.55. The number of ether oxygens (including phenoxy) is 1. The van der Waals surface area contributed by atoms with Gasteiger partial charge in [-0.15, -0.1) is 5.10 Å². The Morgan fingerprint density at radius 1 is 1.36 bits per heavy atom. The molecule has 72 valence electrons. The molecule has 0 aliphatic rings. The molecule has 0 amide bonds. The van der Waals surface area contributed by atoms with Crippen molar-refractivity contribution in [2.75, 3.05) is 7.11 Å². The van der Waals surface area contributed by atoms with E-state index in [0.29, 0.717) is 5.82 Å². The molecule has 0 bridgehead atoms. The van der Waals surface area contributed by atoms with E-state index in [1.165, 1.54) is 4.80 Å². The van der Waals surface area contributed by atoms with Crippen LogP contribution in [0.5, 0.6) is 5.75 Å². The van der Waals surface area contributed by atoms with E-state index in [0.717, 1.165) is 11.3 Å². The molecule has 1 heterocycles. The third-order valence-corrected chi connectivity index (χ3v) is 1.80. The molecular formula is C9H9N4O-. The summed E-state index contributed by atoms with van der Waals surface area (Å²) >= 11 is 0. The van der Waals surface area contributed by atoms with E-state index in [4.69, 9.17) is 4.74 Å². The van der Waals surface area contributed by atoms with Gasteiger partial charge in [0.1, 0.15) is 5.75 Å². The van der Waals surface area contributed by atoms with Gasteiger partial charge in [-0.1, -0.05) is 17.3 Å². The van der Waals surface area contributed by atoms with Crippen molar-refractivity contribution in [2.24, 2.45) is 0 Å². The molecule has 0 saturated heterocycles. The molecule has 0 fully saturated rings. The minimum Gasteiger partial charge on any atom is -0.496 e. The molecule has 0 atom stereocenters. The van der Waals surface area contributed by atoms with Crippen LogP contribution in [-0.4, -0.2) is 27.3 Å². The molecule has 1 aromatic carbocycles. The van der Waals surface area contributed by atoms with Crippen molar-refractivity contribution in [1.82, 2.24) is 20.2 Å². The minimum absolute atomic E-state index is 0.512. The van der Waals surface area contributed by atoms with Crippen molar-refractivity contribution in [3.63, 3.8) is 0 Å². The molecule has 0 aliphatic carbocycles. The first-order chi connectivity index (χ1) is 6.81. The van der Waals surface area contributed by atoms with E-state index in [2.05, 4.69) is 22.5 Å². The van der Waals surface area contributed by atoms with Gasteiger partial charge in [0.15, 0.2) is 0 Å². The second-order valence-corrected chi connectivity index (χ2v) is 2.69. The van der Waals surface area contributed by atoms with Crippen LogP contribution in [0.1, 0.15) is 0 Å². The Bertz CT molecular complexity index is 438. The Balaban J connectivity index is 2.50. The standard InChI is InChI=1S/C9H9N4O/c1-13-11-9(10-12-13)7-5-3-4-6-8(7)14-2/h3-6H,1H2,2H3/q-1. The van der Waals surface area contributed by atoms with Crippen molar-refractivity contribution < 1.29 is 4.74 Å². The van der Waals surface area contributed by atoms with Gasteiger partial charge < -0.3 is 9.53 Å². The predicted molar refractivity (Wildman–Crippen MR) is 50.6 cm³/mol. The smallest absolute Gasteiger partial charge is 0.205 e. The van der Waals surface area contributed by atoms with E-state index in [1.54, 1.807) is 7.11 Å². The molecule has 1 aromatic heterocycles. The Labute approximate surface area is 81.3 Å². The number of nitrogens with zero attached hydrogens (tertiary/aromatic N) is 4. The third kappa shape index (κ3) is 1.39. The summed E-state index contributed by atoms with van der Waals surface area (Å²) in [7, 11) is 5.12. The van der Waals surface area contributed by atoms with Crippen molar-refractivity contribution in [1.29, 1.82) is 0 Å². The highest BCUT2D eigenvalue weighted by atomic mass is 16.5. The lowest BCUT2D eigenvalue weighted by atomic mass is 10.2. The highest BCUT2D eigenvalue weighted by Gasteiger charge is 2.08. The summed E-state index contributed by atoms with van der Waals surface area (Å²) in [5.41, 5.74) is 0.810. The number of hydrogen-bond donors (Lipinski definition) is 0. The summed E-state index contributed by atoms with van der Waals surface area (Å²) < 4.78 is 5.17. The minimum atomic E-state index is 0.512. The van der Waals surface area contributed by atoms with Crippen molar-refractivity contribution in [3.05, 3.63) is 31.3 Å². The number of rotatable bonds is 2. The zero-order chi connectivity index (χ0) is 9.97. The molecule has 0 N–H and O–H groups in total. The fourth-order valence-corrected chi connectivity index (χ4v) is 1.18. The molecule has 0 saturated carbocycles. The van der Waals surface area contributed by atoms with E-state index in [-0.39, 0.29) is 0 Å². The number of benzene rings is 1. The maximum absolute atomic E-state index is 5.17. The van der Waals surface area contributed by atoms with Crippen LogP contribution in [0.15, 0.2) is 24.3 Å². The van der Waals surface area contributed by atoms with E-state index >= 15 is 0 Å². The molecule has 0 spiro atoms. The largest absolute Gasteiger partial charge is 0.496 e. The van der Waals surface area contributed by atoms with Crippen LogP contribution in [0.3, 0.4) is 0 Å². The number of hydrogen-bond acceptors (Lipinski definition) is 4. The highest BCUT2D eigenvalue weighted by molar-refractivity contribution is 5.63. The van der Waals surface area contributed by atoms with Crippen LogP contribution in [0.25, 0.3) is 11.4 Å². The van der Waals surface area contributed by atoms with Gasteiger partial charge in [-0.2, -0.15) is 5.10 Å². The van der Waals surface area contributed by atoms with Gasteiger partial charge in [-0.25, -0.2) is 0 Å². The van der Waals surface area contributed by atoms with Gasteiger partial charge in [0.05, 0.1) is 12.7 Å². The third-order valence-electron chi connectivity index (χ3n) is 1.80. The lowest BCUT2D eigenvalue weighted by Crippen LogP contribution is -1.91. The number of aromatic nitrogens is 4. The van der Waals surface area contributed by atoms with Crippen LogP contribution >= 0.6 is 0 Å². The topological polar surface area (TPSA) is 52.8 Å². The van der Waals surface area contributed by atoms with Crippen molar-refractivity contribution >= 4 is 0 Å². The van der Waals surface area contributed by atoms with Crippen LogP contribution < -0.4 is 4.74 Å². The van der Waals surface area contributed by atoms with Crippen LogP contribution in [0.2, 0.25) is 0 Å². The predicted octanol–water partition coefficient (Wildman–Crippen LogP) is 0.988. The SMILES string of the molecule is [CH2-]n1nnc(-c2ccccc2OC)n1. The Kier molecular flexibility index (Phi) is 2.06. The van der Waals surface area contributed by atoms with Gasteiger partial charge in [-0.3, -0.25) is 7.05 Å². The maximum atomic E-state index is 5.17. The van der Waals surface area contributed by atoms with E-state index in [9.17, 15) is 0 Å². The van der Waals surface area contributed by atoms with Crippen molar-refractivity contribution in [3.8, 4) is 17.1 Å². The fourth-order valence-electron chi connectivity index (χ4n) is 1.18. The molecular weight excluding hydrogens is 180 g/mol. The lowest BCUT2D eigenvalue weighted by Gasteiger charge is -2.03. The van der Waals surface area contributed by atoms with Crippen LogP contribution in [0, 0.1) is 7.05 Å². The summed E-state index contributed by atoms with van der Waals surface area (Å²) in [5, 5.41) is 11.5. The molecule has 0 unspecified atom stereocenters. The highest BCUT2D eigenvalue weighted by Crippen LogP contribution is 2.25. The molecule has 2 aromatic rings. The zero-order valence-corrected chi connectivity index (χ0v) is 7.71. The Hall–Kier alpha value is -2.04. The molecule has 5 nitrogen and oxygen atoms in total. The second-order valence-electron chi connectivity index (χ2n) is 2.69. The van der Waals surface area contributed by atoms with Gasteiger partial charge in [0.25, 0.3) is 0 Å². The zero-order valence-electron chi connectivity index (χ0n) is 7.71. The maximum Gasteiger partial charge on any atom is 0.205 e. The number of para-hydroxylation sites is 1. The number of tetrazole rings is 1. The summed E-state index contributed by atoms with van der Waals surface area (Å²) in [6.07, 6.45) is 0. The first-order valence-corrected chi connectivity index (χ1v) is 4.05.